The Morgan fingerprint density at radius 3 is 2.00 bits per heavy atom. The zero-order valence-electron chi connectivity index (χ0n) is 30.2. The smallest absolute Gasteiger partial charge is 0.306 e. The highest BCUT2D eigenvalue weighted by Crippen LogP contribution is 2.29. The minimum absolute atomic E-state index is 0.0581. The number of ether oxygens (including phenoxy) is 3. The van der Waals surface area contributed by atoms with Gasteiger partial charge in [0.1, 0.15) is 31.0 Å². The topological polar surface area (TPSA) is 208 Å². The zero-order chi connectivity index (χ0) is 36.6. The molecule has 0 aromatic carbocycles. The molecule has 15 heteroatoms. The van der Waals surface area contributed by atoms with Gasteiger partial charge in [0.15, 0.2) is 12.0 Å². The Balaban J connectivity index is 1.78. The van der Waals surface area contributed by atoms with Crippen molar-refractivity contribution in [2.75, 3.05) is 30.0 Å². The molecule has 14 nitrogen and oxygen atoms in total. The van der Waals surface area contributed by atoms with E-state index >= 15 is 0 Å². The van der Waals surface area contributed by atoms with Crippen molar-refractivity contribution >= 4 is 35.4 Å². The Morgan fingerprint density at radius 1 is 0.880 bits per heavy atom. The third kappa shape index (κ3) is 17.8. The van der Waals surface area contributed by atoms with Gasteiger partial charge in [0.05, 0.1) is 18.8 Å². The first-order valence-corrected chi connectivity index (χ1v) is 19.9. The standard InChI is InChI=1S/C35H63N5O9S/c1-3-5-7-9-11-13-15-17-19-30(42)47-23-26(48-31(43)20-18-16-14-12-10-8-6-4-2)24-50-25-27(36)34(46)37-29-21-40(39-38-29)35-33(45)32(44)28(22-41)49-35/h21,26-28,32-33,35,41,44-45H,3-20,22-25,36H2,1-2H3,(H,37,46)/t26-,27-,28?,32-,33-,35+/m1/s1. The van der Waals surface area contributed by atoms with Gasteiger partial charge in [-0.15, -0.1) is 5.10 Å². The van der Waals surface area contributed by atoms with Crippen molar-refractivity contribution in [3.8, 4) is 0 Å². The lowest BCUT2D eigenvalue weighted by atomic mass is 10.1. The van der Waals surface area contributed by atoms with Crippen LogP contribution in [0.25, 0.3) is 0 Å². The van der Waals surface area contributed by atoms with E-state index in [0.29, 0.717) is 12.8 Å². The van der Waals surface area contributed by atoms with Crippen molar-refractivity contribution in [1.29, 1.82) is 0 Å². The van der Waals surface area contributed by atoms with Crippen LogP contribution in [-0.4, -0.2) is 103 Å². The van der Waals surface area contributed by atoms with E-state index in [1.165, 1.54) is 82.2 Å². The summed E-state index contributed by atoms with van der Waals surface area (Å²) in [6.45, 7) is 3.85. The van der Waals surface area contributed by atoms with E-state index in [4.69, 9.17) is 19.9 Å². The van der Waals surface area contributed by atoms with E-state index < -0.39 is 49.2 Å². The second-order valence-electron chi connectivity index (χ2n) is 13.2. The van der Waals surface area contributed by atoms with Crippen LogP contribution in [0, 0.1) is 0 Å². The Morgan fingerprint density at radius 2 is 1.44 bits per heavy atom. The predicted octanol–water partition coefficient (Wildman–Crippen LogP) is 4.41. The van der Waals surface area contributed by atoms with Gasteiger partial charge in [-0.2, -0.15) is 11.8 Å². The number of nitrogens with zero attached hydrogens (tertiary/aromatic N) is 3. The lowest BCUT2D eigenvalue weighted by Crippen LogP contribution is -2.38. The van der Waals surface area contributed by atoms with Crippen LogP contribution < -0.4 is 11.1 Å². The number of aliphatic hydroxyl groups excluding tert-OH is 3. The summed E-state index contributed by atoms with van der Waals surface area (Å²) in [6.07, 6.45) is 14.5. The molecule has 288 valence electrons. The molecule has 0 saturated carbocycles. The number of unbranched alkanes of at least 4 members (excludes halogenated alkanes) is 14. The lowest BCUT2D eigenvalue weighted by molar-refractivity contribution is -0.157. The van der Waals surface area contributed by atoms with Crippen LogP contribution in [-0.2, 0) is 28.6 Å². The van der Waals surface area contributed by atoms with Gasteiger partial charge < -0.3 is 40.6 Å². The maximum absolute atomic E-state index is 12.7. The number of anilines is 1. The fourth-order valence-corrected chi connectivity index (χ4v) is 6.57. The van der Waals surface area contributed by atoms with Crippen molar-refractivity contribution in [2.24, 2.45) is 5.73 Å². The number of hydrogen-bond acceptors (Lipinski definition) is 13. The third-order valence-corrected chi connectivity index (χ3v) is 9.88. The fraction of sp³-hybridized carbons (Fsp3) is 0.857. The highest BCUT2D eigenvalue weighted by atomic mass is 32.2. The molecule has 50 heavy (non-hydrogen) atoms. The molecule has 1 aromatic rings. The molecule has 0 aliphatic carbocycles. The van der Waals surface area contributed by atoms with Gasteiger partial charge in [-0.25, -0.2) is 4.68 Å². The summed E-state index contributed by atoms with van der Waals surface area (Å²) < 4.78 is 17.8. The summed E-state index contributed by atoms with van der Waals surface area (Å²) in [5.41, 5.74) is 6.12. The largest absolute Gasteiger partial charge is 0.462 e. The number of carbonyl (C=O) groups excluding carboxylic acids is 3. The van der Waals surface area contributed by atoms with Gasteiger partial charge in [0.25, 0.3) is 0 Å². The van der Waals surface area contributed by atoms with Gasteiger partial charge in [0, 0.05) is 24.3 Å². The highest BCUT2D eigenvalue weighted by molar-refractivity contribution is 7.99. The van der Waals surface area contributed by atoms with Crippen molar-refractivity contribution in [2.45, 2.75) is 166 Å². The Kier molecular flexibility index (Phi) is 23.2. The van der Waals surface area contributed by atoms with E-state index in [2.05, 4.69) is 29.5 Å². The van der Waals surface area contributed by atoms with Gasteiger partial charge in [-0.05, 0) is 12.8 Å². The van der Waals surface area contributed by atoms with Crippen molar-refractivity contribution < 1.29 is 43.9 Å². The minimum atomic E-state index is -1.34. The maximum Gasteiger partial charge on any atom is 0.306 e. The van der Waals surface area contributed by atoms with Crippen LogP contribution in [0.1, 0.15) is 136 Å². The molecule has 1 fully saturated rings. The third-order valence-electron chi connectivity index (χ3n) is 8.67. The van der Waals surface area contributed by atoms with Crippen LogP contribution in [0.5, 0.6) is 0 Å². The van der Waals surface area contributed by atoms with Crippen LogP contribution in [0.15, 0.2) is 6.20 Å². The van der Waals surface area contributed by atoms with E-state index in [-0.39, 0.29) is 35.9 Å². The Labute approximate surface area is 301 Å². The average Bonchev–Trinajstić information content (AvgIpc) is 3.68. The number of nitrogens with one attached hydrogen (secondary N) is 1. The molecule has 2 heterocycles. The molecule has 1 aromatic heterocycles. The summed E-state index contributed by atoms with van der Waals surface area (Å²) in [7, 11) is 0. The molecule has 6 atom stereocenters. The molecule has 1 aliphatic rings. The molecule has 6 N–H and O–H groups in total. The predicted molar refractivity (Wildman–Crippen MR) is 192 cm³/mol. The monoisotopic (exact) mass is 729 g/mol. The number of aliphatic hydroxyl groups is 3. The second-order valence-corrected chi connectivity index (χ2v) is 14.3. The first kappa shape index (κ1) is 43.9. The van der Waals surface area contributed by atoms with Crippen LogP contribution in [0.4, 0.5) is 5.82 Å². The SMILES string of the molecule is CCCCCCCCCCC(=O)OC[C@H](CSC[C@@H](N)C(=O)Nc1cn([C@H]2OC(CO)[C@@H](O)[C@H]2O)nn1)OC(=O)CCCCCCCCCC. The van der Waals surface area contributed by atoms with E-state index in [1.54, 1.807) is 0 Å². The summed E-state index contributed by atoms with van der Waals surface area (Å²) in [5, 5.41) is 39.7. The van der Waals surface area contributed by atoms with E-state index in [0.717, 1.165) is 43.2 Å². The quantitative estimate of drug-likeness (QED) is 0.0573. The highest BCUT2D eigenvalue weighted by Gasteiger charge is 2.44. The molecule has 2 rings (SSSR count). The second kappa shape index (κ2) is 26.5. The summed E-state index contributed by atoms with van der Waals surface area (Å²) in [4.78, 5) is 37.9. The van der Waals surface area contributed by atoms with Crippen molar-refractivity contribution in [1.82, 2.24) is 15.0 Å². The van der Waals surface area contributed by atoms with Crippen LogP contribution in [0.2, 0.25) is 0 Å². The molecule has 1 saturated heterocycles. The molecule has 1 aliphatic heterocycles. The van der Waals surface area contributed by atoms with Gasteiger partial charge in [-0.1, -0.05) is 109 Å². The fourth-order valence-electron chi connectivity index (χ4n) is 5.60. The number of rotatable bonds is 29. The molecular weight excluding hydrogens is 666 g/mol. The summed E-state index contributed by atoms with van der Waals surface area (Å²) in [6, 6.07) is -0.947. The number of carbonyl (C=O) groups is 3. The molecule has 1 amide bonds. The molecular formula is C35H63N5O9S. The molecule has 0 bridgehead atoms. The number of aromatic nitrogens is 3. The number of nitrogens with two attached hydrogens (primary N) is 1. The van der Waals surface area contributed by atoms with Crippen LogP contribution in [0.3, 0.4) is 0 Å². The van der Waals surface area contributed by atoms with Gasteiger partial charge in [0.2, 0.25) is 5.91 Å². The van der Waals surface area contributed by atoms with Gasteiger partial charge >= 0.3 is 11.9 Å². The maximum atomic E-state index is 12.7. The molecule has 0 radical (unpaired) electrons. The van der Waals surface area contributed by atoms with E-state index in [1.807, 2.05) is 0 Å². The van der Waals surface area contributed by atoms with Crippen molar-refractivity contribution in [3.05, 3.63) is 6.20 Å². The van der Waals surface area contributed by atoms with Crippen molar-refractivity contribution in [3.63, 3.8) is 0 Å². The lowest BCUT2D eigenvalue weighted by Gasteiger charge is -2.19. The average molecular weight is 730 g/mol. The minimum Gasteiger partial charge on any atom is -0.462 e. The van der Waals surface area contributed by atoms with Crippen LogP contribution >= 0.6 is 11.8 Å². The number of amides is 1. The summed E-state index contributed by atoms with van der Waals surface area (Å²) in [5.74, 6) is -0.648. The number of thioether (sulfide) groups is 1. The Bertz CT molecular complexity index is 1080. The van der Waals surface area contributed by atoms with E-state index in [9.17, 15) is 29.7 Å². The molecule has 0 spiro atoms. The number of esters is 2. The first-order chi connectivity index (χ1) is 24.2. The summed E-state index contributed by atoms with van der Waals surface area (Å²) >= 11 is 1.30. The first-order valence-electron chi connectivity index (χ1n) is 18.7. The Hall–Kier alpha value is -2.30. The number of hydrogen-bond donors (Lipinski definition) is 5. The zero-order valence-corrected chi connectivity index (χ0v) is 31.0. The molecule has 1 unspecified atom stereocenters. The normalized spacial score (nSPS) is 20.0. The van der Waals surface area contributed by atoms with Gasteiger partial charge in [-0.3, -0.25) is 14.4 Å².